The summed E-state index contributed by atoms with van der Waals surface area (Å²) in [7, 11) is 1.64. The third-order valence-corrected chi connectivity index (χ3v) is 3.51. The van der Waals surface area contributed by atoms with Gasteiger partial charge in [-0.3, -0.25) is 0 Å². The average Bonchev–Trinajstić information content (AvgIpc) is 2.53. The first-order chi connectivity index (χ1) is 11.3. The van der Waals surface area contributed by atoms with Gasteiger partial charge in [-0.15, -0.1) is 0 Å². The molecule has 1 heterocycles. The number of aromatic nitrogens is 2. The molecule has 2 aromatic rings. The van der Waals surface area contributed by atoms with Crippen LogP contribution in [0, 0.1) is 0 Å². The molecule has 0 aliphatic rings. The largest absolute Gasteiger partial charge is 0.477 e. The summed E-state index contributed by atoms with van der Waals surface area (Å²) in [6, 6.07) is 6.85. The second-order valence-corrected chi connectivity index (χ2v) is 5.56. The second-order valence-electron chi connectivity index (χ2n) is 5.13. The Morgan fingerprint density at radius 3 is 2.67 bits per heavy atom. The quantitative estimate of drug-likeness (QED) is 0.673. The van der Waals surface area contributed by atoms with E-state index in [0.717, 1.165) is 12.6 Å². The van der Waals surface area contributed by atoms with Gasteiger partial charge in [0, 0.05) is 24.0 Å². The number of alkyl halides is 3. The molecular weight excluding hydrogens is 343 g/mol. The molecule has 2 rings (SSSR count). The molecule has 0 aliphatic heterocycles. The number of anilines is 2. The molecule has 0 spiro atoms. The van der Waals surface area contributed by atoms with Crippen LogP contribution in [0.3, 0.4) is 0 Å². The molecule has 130 valence electrons. The fourth-order valence-electron chi connectivity index (χ4n) is 1.94. The van der Waals surface area contributed by atoms with E-state index in [-0.39, 0.29) is 12.6 Å². The van der Waals surface area contributed by atoms with Crippen molar-refractivity contribution in [3.63, 3.8) is 0 Å². The zero-order valence-corrected chi connectivity index (χ0v) is 14.0. The fraction of sp³-hybridized carbons (Fsp3) is 0.375. The molecular formula is C16H17ClF3N3O. The van der Waals surface area contributed by atoms with Crippen LogP contribution in [0.1, 0.15) is 25.3 Å². The molecule has 0 unspecified atom stereocenters. The summed E-state index contributed by atoms with van der Waals surface area (Å²) in [5.41, 5.74) is -0.330. The summed E-state index contributed by atoms with van der Waals surface area (Å²) in [5.74, 6) is -0.369. The minimum absolute atomic E-state index is 0.0942. The summed E-state index contributed by atoms with van der Waals surface area (Å²) in [6.45, 7) is 2.09. The van der Waals surface area contributed by atoms with Crippen LogP contribution in [-0.4, -0.2) is 23.6 Å². The zero-order valence-electron chi connectivity index (χ0n) is 13.3. The molecule has 4 nitrogen and oxygen atoms in total. The summed E-state index contributed by atoms with van der Waals surface area (Å²) >= 11 is 5.94. The highest BCUT2D eigenvalue weighted by Gasteiger charge is 2.36. The summed E-state index contributed by atoms with van der Waals surface area (Å²) < 4.78 is 44.5. The van der Waals surface area contributed by atoms with Crippen molar-refractivity contribution >= 4 is 23.2 Å². The maximum Gasteiger partial charge on any atom is 0.423 e. The van der Waals surface area contributed by atoms with Crippen LogP contribution in [-0.2, 0) is 6.18 Å². The lowest BCUT2D eigenvalue weighted by atomic mass is 10.3. The van der Waals surface area contributed by atoms with E-state index in [1.54, 1.807) is 36.2 Å². The van der Waals surface area contributed by atoms with Crippen LogP contribution in [0.2, 0.25) is 5.02 Å². The summed E-state index contributed by atoms with van der Waals surface area (Å²) in [4.78, 5) is 9.30. The summed E-state index contributed by atoms with van der Waals surface area (Å²) in [5, 5.41) is 0.505. The minimum atomic E-state index is -4.57. The van der Waals surface area contributed by atoms with E-state index in [4.69, 9.17) is 16.3 Å². The predicted octanol–water partition coefficient (Wildman–Crippen LogP) is 5.10. The Balaban J connectivity index is 2.35. The van der Waals surface area contributed by atoms with E-state index in [2.05, 4.69) is 9.97 Å². The molecule has 1 aromatic heterocycles. The van der Waals surface area contributed by atoms with Crippen LogP contribution in [0.15, 0.2) is 30.5 Å². The maximum absolute atomic E-state index is 13.1. The molecule has 1 aromatic carbocycles. The van der Waals surface area contributed by atoms with Gasteiger partial charge >= 0.3 is 6.18 Å². The lowest BCUT2D eigenvalue weighted by Crippen LogP contribution is -2.17. The summed E-state index contributed by atoms with van der Waals surface area (Å²) in [6.07, 6.45) is -2.39. The Kier molecular flexibility index (Phi) is 5.88. The van der Waals surface area contributed by atoms with Crippen molar-refractivity contribution in [3.05, 3.63) is 41.0 Å². The Hall–Kier alpha value is -2.02. The van der Waals surface area contributed by atoms with Crippen LogP contribution in [0.4, 0.5) is 24.8 Å². The van der Waals surface area contributed by atoms with Crippen LogP contribution < -0.4 is 9.64 Å². The van der Waals surface area contributed by atoms with Gasteiger partial charge in [-0.2, -0.15) is 18.2 Å². The standard InChI is InChI=1S/C16H17ClF3N3O/c1-3-4-8-24-14-13(16(18,19)20)10-21-15(22-14)23(2)12-7-5-6-11(17)9-12/h5-7,9-10H,3-4,8H2,1-2H3. The Labute approximate surface area is 143 Å². The van der Waals surface area contributed by atoms with E-state index < -0.39 is 17.6 Å². The number of nitrogens with zero attached hydrogens (tertiary/aromatic N) is 3. The van der Waals surface area contributed by atoms with Crippen molar-refractivity contribution in [1.29, 1.82) is 0 Å². The highest BCUT2D eigenvalue weighted by Crippen LogP contribution is 2.36. The van der Waals surface area contributed by atoms with Crippen molar-refractivity contribution in [2.75, 3.05) is 18.6 Å². The molecule has 0 N–H and O–H groups in total. The van der Waals surface area contributed by atoms with Crippen LogP contribution in [0.25, 0.3) is 0 Å². The molecule has 0 fully saturated rings. The van der Waals surface area contributed by atoms with Gasteiger partial charge in [-0.1, -0.05) is 31.0 Å². The van der Waals surface area contributed by atoms with Gasteiger partial charge in [0.25, 0.3) is 0 Å². The predicted molar refractivity (Wildman–Crippen MR) is 87.0 cm³/mol. The second kappa shape index (κ2) is 7.70. The van der Waals surface area contributed by atoms with Crippen molar-refractivity contribution in [1.82, 2.24) is 9.97 Å². The lowest BCUT2D eigenvalue weighted by Gasteiger charge is -2.19. The van der Waals surface area contributed by atoms with Crippen LogP contribution in [0.5, 0.6) is 5.88 Å². The van der Waals surface area contributed by atoms with Gasteiger partial charge in [0.15, 0.2) is 0 Å². The number of halogens is 4. The maximum atomic E-state index is 13.1. The third-order valence-electron chi connectivity index (χ3n) is 3.28. The van der Waals surface area contributed by atoms with E-state index in [1.165, 1.54) is 0 Å². The molecule has 8 heteroatoms. The SMILES string of the molecule is CCCCOc1nc(N(C)c2cccc(Cl)c2)ncc1C(F)(F)F. The Morgan fingerprint density at radius 1 is 1.29 bits per heavy atom. The average molecular weight is 360 g/mol. The normalized spacial score (nSPS) is 11.4. The number of hydrogen-bond acceptors (Lipinski definition) is 4. The van der Waals surface area contributed by atoms with E-state index >= 15 is 0 Å². The molecule has 0 bridgehead atoms. The molecule has 24 heavy (non-hydrogen) atoms. The molecule has 0 saturated carbocycles. The molecule has 0 aliphatic carbocycles. The smallest absolute Gasteiger partial charge is 0.423 e. The fourth-order valence-corrected chi connectivity index (χ4v) is 2.12. The first kappa shape index (κ1) is 18.3. The van der Waals surface area contributed by atoms with E-state index in [1.807, 2.05) is 6.92 Å². The first-order valence-electron chi connectivity index (χ1n) is 7.39. The molecule has 0 atom stereocenters. The number of benzene rings is 1. The molecule has 0 amide bonds. The van der Waals surface area contributed by atoms with E-state index in [0.29, 0.717) is 17.1 Å². The van der Waals surface area contributed by atoms with Gasteiger partial charge in [0.2, 0.25) is 11.8 Å². The minimum Gasteiger partial charge on any atom is -0.477 e. The van der Waals surface area contributed by atoms with Crippen molar-refractivity contribution < 1.29 is 17.9 Å². The Bertz CT molecular complexity index is 695. The van der Waals surface area contributed by atoms with Gasteiger partial charge < -0.3 is 9.64 Å². The highest BCUT2D eigenvalue weighted by molar-refractivity contribution is 6.30. The topological polar surface area (TPSA) is 38.2 Å². The van der Waals surface area contributed by atoms with Crippen molar-refractivity contribution in [3.8, 4) is 5.88 Å². The van der Waals surface area contributed by atoms with Crippen LogP contribution >= 0.6 is 11.6 Å². The van der Waals surface area contributed by atoms with Crippen molar-refractivity contribution in [2.24, 2.45) is 0 Å². The van der Waals surface area contributed by atoms with E-state index in [9.17, 15) is 13.2 Å². The van der Waals surface area contributed by atoms with Gasteiger partial charge in [0.05, 0.1) is 6.61 Å². The van der Waals surface area contributed by atoms with Gasteiger partial charge in [-0.05, 0) is 24.6 Å². The third kappa shape index (κ3) is 4.50. The number of ether oxygens (including phenoxy) is 1. The molecule has 0 saturated heterocycles. The Morgan fingerprint density at radius 2 is 2.04 bits per heavy atom. The monoisotopic (exact) mass is 359 g/mol. The number of hydrogen-bond donors (Lipinski definition) is 0. The first-order valence-corrected chi connectivity index (χ1v) is 7.77. The highest BCUT2D eigenvalue weighted by atomic mass is 35.5. The van der Waals surface area contributed by atoms with Crippen molar-refractivity contribution in [2.45, 2.75) is 25.9 Å². The van der Waals surface area contributed by atoms with Gasteiger partial charge in [-0.25, -0.2) is 4.98 Å². The lowest BCUT2D eigenvalue weighted by molar-refractivity contribution is -0.139. The van der Waals surface area contributed by atoms with Gasteiger partial charge in [0.1, 0.15) is 5.56 Å². The number of unbranched alkanes of at least 4 members (excludes halogenated alkanes) is 1. The molecule has 0 radical (unpaired) electrons. The number of rotatable bonds is 6. The zero-order chi connectivity index (χ0) is 17.7.